The predicted octanol–water partition coefficient (Wildman–Crippen LogP) is 2.56. The third-order valence-electron chi connectivity index (χ3n) is 3.87. The van der Waals surface area contributed by atoms with E-state index in [0.717, 1.165) is 0 Å². The number of aromatic nitrogens is 2. The number of benzene rings is 1. The highest BCUT2D eigenvalue weighted by atomic mass is 127. The first-order chi connectivity index (χ1) is 12.7. The van der Waals surface area contributed by atoms with Crippen LogP contribution in [0.4, 0.5) is 17.6 Å². The van der Waals surface area contributed by atoms with E-state index in [4.69, 9.17) is 0 Å². The number of aliphatic hydroxyl groups is 1. The smallest absolute Gasteiger partial charge is 0.191 e. The molecule has 0 spiro atoms. The molecule has 0 radical (unpaired) electrons. The lowest BCUT2D eigenvalue weighted by Gasteiger charge is -2.23. The maximum absolute atomic E-state index is 13.7. The third kappa shape index (κ3) is 5.80. The topological polar surface area (TPSA) is 74.5 Å². The van der Waals surface area contributed by atoms with Gasteiger partial charge in [-0.2, -0.15) is 5.10 Å². The van der Waals surface area contributed by atoms with Gasteiger partial charge >= 0.3 is 0 Å². The molecule has 2 rings (SSSR count). The Balaban J connectivity index is 0.00000392. The van der Waals surface area contributed by atoms with E-state index in [0.29, 0.717) is 12.1 Å². The standard InChI is InChI=1S/C17H21F4N5O.HI/c1-4-22-16(24-9-17(2,27)10-6-25-26(3)8-10)23-7-11-14(20)12(18)5-13(19)15(11)21;/h5-6,8,27H,4,7,9H2,1-3H3,(H2,22,23,24);1H. The van der Waals surface area contributed by atoms with Crippen LogP contribution in [-0.4, -0.2) is 33.9 Å². The minimum absolute atomic E-state index is 0. The minimum atomic E-state index is -1.49. The molecule has 0 saturated carbocycles. The molecule has 1 unspecified atom stereocenters. The zero-order valence-corrected chi connectivity index (χ0v) is 17.9. The summed E-state index contributed by atoms with van der Waals surface area (Å²) in [5.41, 5.74) is -1.56. The molecule has 0 amide bonds. The van der Waals surface area contributed by atoms with Gasteiger partial charge in [0.1, 0.15) is 5.60 Å². The second kappa shape index (κ2) is 10.0. The van der Waals surface area contributed by atoms with Gasteiger partial charge in [-0.05, 0) is 13.8 Å². The Morgan fingerprint density at radius 3 is 2.32 bits per heavy atom. The summed E-state index contributed by atoms with van der Waals surface area (Å²) in [6.07, 6.45) is 3.15. The van der Waals surface area contributed by atoms with Gasteiger partial charge < -0.3 is 15.7 Å². The first-order valence-corrected chi connectivity index (χ1v) is 8.21. The number of aryl methyl sites for hydroxylation is 1. The molecular weight excluding hydrogens is 493 g/mol. The summed E-state index contributed by atoms with van der Waals surface area (Å²) >= 11 is 0. The van der Waals surface area contributed by atoms with Crippen molar-refractivity contribution in [3.8, 4) is 0 Å². The van der Waals surface area contributed by atoms with Crippen LogP contribution in [0.2, 0.25) is 0 Å². The van der Waals surface area contributed by atoms with Gasteiger partial charge in [0.25, 0.3) is 0 Å². The Kier molecular flexibility index (Phi) is 8.67. The van der Waals surface area contributed by atoms with E-state index < -0.39 is 41.0 Å². The largest absolute Gasteiger partial charge is 0.383 e. The number of nitrogens with one attached hydrogen (secondary N) is 2. The molecule has 0 bridgehead atoms. The maximum atomic E-state index is 13.7. The number of guanidine groups is 1. The fourth-order valence-electron chi connectivity index (χ4n) is 2.32. The Bertz CT molecular complexity index is 815. The van der Waals surface area contributed by atoms with Gasteiger partial charge in [-0.25, -0.2) is 22.6 Å². The van der Waals surface area contributed by atoms with Gasteiger partial charge in [0.05, 0.1) is 24.8 Å². The number of halogens is 5. The molecule has 28 heavy (non-hydrogen) atoms. The van der Waals surface area contributed by atoms with E-state index in [2.05, 4.69) is 20.7 Å². The van der Waals surface area contributed by atoms with Gasteiger partial charge in [-0.3, -0.25) is 4.68 Å². The van der Waals surface area contributed by atoms with E-state index in [9.17, 15) is 22.7 Å². The molecule has 0 saturated heterocycles. The monoisotopic (exact) mass is 515 g/mol. The average molecular weight is 515 g/mol. The lowest BCUT2D eigenvalue weighted by atomic mass is 10.00. The average Bonchev–Trinajstić information content (AvgIpc) is 3.05. The van der Waals surface area contributed by atoms with E-state index in [-0.39, 0.29) is 42.5 Å². The highest BCUT2D eigenvalue weighted by Gasteiger charge is 2.25. The first kappa shape index (κ1) is 24.1. The van der Waals surface area contributed by atoms with E-state index >= 15 is 0 Å². The second-order valence-corrected chi connectivity index (χ2v) is 6.17. The zero-order chi connectivity index (χ0) is 20.2. The van der Waals surface area contributed by atoms with E-state index in [1.807, 2.05) is 0 Å². The van der Waals surface area contributed by atoms with Crippen molar-refractivity contribution in [2.45, 2.75) is 26.0 Å². The summed E-state index contributed by atoms with van der Waals surface area (Å²) < 4.78 is 55.6. The summed E-state index contributed by atoms with van der Waals surface area (Å²) in [5, 5.41) is 20.2. The van der Waals surface area contributed by atoms with Crippen molar-refractivity contribution in [2.75, 3.05) is 13.1 Å². The van der Waals surface area contributed by atoms with Crippen molar-refractivity contribution in [3.05, 3.63) is 52.9 Å². The van der Waals surface area contributed by atoms with Gasteiger partial charge in [0.15, 0.2) is 29.2 Å². The van der Waals surface area contributed by atoms with E-state index in [1.165, 1.54) is 10.9 Å². The molecule has 0 aliphatic rings. The van der Waals surface area contributed by atoms with Gasteiger partial charge in [-0.1, -0.05) is 0 Å². The molecule has 2 aromatic rings. The summed E-state index contributed by atoms with van der Waals surface area (Å²) in [5.74, 6) is -5.84. The van der Waals surface area contributed by atoms with Crippen LogP contribution in [0, 0.1) is 23.3 Å². The Labute approximate surface area is 177 Å². The van der Waals surface area contributed by atoms with Crippen molar-refractivity contribution in [1.82, 2.24) is 20.4 Å². The number of rotatable bonds is 6. The van der Waals surface area contributed by atoms with Crippen LogP contribution in [0.3, 0.4) is 0 Å². The third-order valence-corrected chi connectivity index (χ3v) is 3.87. The predicted molar refractivity (Wildman–Crippen MR) is 107 cm³/mol. The number of hydrogen-bond acceptors (Lipinski definition) is 3. The van der Waals surface area contributed by atoms with Crippen LogP contribution in [0.15, 0.2) is 23.5 Å². The van der Waals surface area contributed by atoms with Crippen molar-refractivity contribution in [3.63, 3.8) is 0 Å². The van der Waals surface area contributed by atoms with Crippen molar-refractivity contribution >= 4 is 29.9 Å². The molecule has 1 heterocycles. The van der Waals surface area contributed by atoms with Crippen LogP contribution in [0.1, 0.15) is 25.0 Å². The van der Waals surface area contributed by atoms with E-state index in [1.54, 1.807) is 27.1 Å². The van der Waals surface area contributed by atoms with Crippen LogP contribution in [0.5, 0.6) is 0 Å². The SMILES string of the molecule is CCNC(=NCc1c(F)c(F)cc(F)c1F)NCC(C)(O)c1cnn(C)c1.I. The second-order valence-electron chi connectivity index (χ2n) is 6.17. The van der Waals surface area contributed by atoms with Crippen LogP contribution < -0.4 is 10.6 Å². The lowest BCUT2D eigenvalue weighted by molar-refractivity contribution is 0.0616. The van der Waals surface area contributed by atoms with Crippen LogP contribution in [-0.2, 0) is 19.2 Å². The highest BCUT2D eigenvalue weighted by molar-refractivity contribution is 14.0. The Morgan fingerprint density at radius 1 is 1.21 bits per heavy atom. The molecular formula is C17H22F4IN5O. The van der Waals surface area contributed by atoms with Crippen molar-refractivity contribution < 1.29 is 22.7 Å². The zero-order valence-electron chi connectivity index (χ0n) is 15.6. The summed E-state index contributed by atoms with van der Waals surface area (Å²) in [6, 6.07) is 0.145. The molecule has 6 nitrogen and oxygen atoms in total. The summed E-state index contributed by atoms with van der Waals surface area (Å²) in [6.45, 7) is 3.12. The van der Waals surface area contributed by atoms with Gasteiger partial charge in [-0.15, -0.1) is 24.0 Å². The van der Waals surface area contributed by atoms with Crippen LogP contribution in [0.25, 0.3) is 0 Å². The number of nitrogens with zero attached hydrogens (tertiary/aromatic N) is 3. The van der Waals surface area contributed by atoms with Crippen molar-refractivity contribution in [2.24, 2.45) is 12.0 Å². The molecule has 0 aliphatic heterocycles. The van der Waals surface area contributed by atoms with Crippen molar-refractivity contribution in [1.29, 1.82) is 0 Å². The Hall–Kier alpha value is -1.89. The van der Waals surface area contributed by atoms with Crippen LogP contribution >= 0.6 is 24.0 Å². The molecule has 3 N–H and O–H groups in total. The lowest BCUT2D eigenvalue weighted by Crippen LogP contribution is -2.44. The molecule has 156 valence electrons. The van der Waals surface area contributed by atoms with Gasteiger partial charge in [0.2, 0.25) is 0 Å². The number of hydrogen-bond donors (Lipinski definition) is 3. The van der Waals surface area contributed by atoms with Gasteiger partial charge in [0, 0.05) is 31.4 Å². The molecule has 11 heteroatoms. The fourth-order valence-corrected chi connectivity index (χ4v) is 2.32. The highest BCUT2D eigenvalue weighted by Crippen LogP contribution is 2.20. The minimum Gasteiger partial charge on any atom is -0.383 e. The number of aliphatic imine (C=N–C) groups is 1. The molecule has 1 aromatic carbocycles. The molecule has 0 fully saturated rings. The maximum Gasteiger partial charge on any atom is 0.191 e. The first-order valence-electron chi connectivity index (χ1n) is 8.21. The molecule has 0 aliphatic carbocycles. The molecule has 1 aromatic heterocycles. The normalized spacial score (nSPS) is 13.6. The fraction of sp³-hybridized carbons (Fsp3) is 0.412. The Morgan fingerprint density at radius 2 is 1.82 bits per heavy atom. The quantitative estimate of drug-likeness (QED) is 0.182. The summed E-state index contributed by atoms with van der Waals surface area (Å²) in [7, 11) is 1.71. The molecule has 1 atom stereocenters. The summed E-state index contributed by atoms with van der Waals surface area (Å²) in [4.78, 5) is 3.94.